The molecule has 4 rings (SSSR count). The monoisotopic (exact) mass is 266 g/mol. The average molecular weight is 266 g/mol. The Morgan fingerprint density at radius 1 is 1.47 bits per heavy atom. The van der Waals surface area contributed by atoms with Gasteiger partial charge in [0.15, 0.2) is 0 Å². The van der Waals surface area contributed by atoms with Gasteiger partial charge in [0.2, 0.25) is 0 Å². The van der Waals surface area contributed by atoms with Crippen LogP contribution in [-0.4, -0.2) is 47.3 Å². The molecule has 6 atom stereocenters. The maximum Gasteiger partial charge on any atom is 0.126 e. The van der Waals surface area contributed by atoms with Crippen LogP contribution in [0.3, 0.4) is 0 Å². The number of ether oxygens (including phenoxy) is 2. The maximum absolute atomic E-state index is 10.4. The fourth-order valence-corrected chi connectivity index (χ4v) is 5.03. The molecule has 2 aliphatic heterocycles. The number of allylic oxidation sites excluding steroid dienone is 1. The maximum atomic E-state index is 10.4. The van der Waals surface area contributed by atoms with Crippen molar-refractivity contribution in [3.05, 3.63) is 11.6 Å². The molecule has 4 aliphatic rings. The molecule has 0 radical (unpaired) electrons. The van der Waals surface area contributed by atoms with Gasteiger partial charge < -0.3 is 19.7 Å². The minimum absolute atomic E-state index is 0.0896. The Labute approximate surface area is 113 Å². The summed E-state index contributed by atoms with van der Waals surface area (Å²) < 4.78 is 12.0. The lowest BCUT2D eigenvalue weighted by Crippen LogP contribution is -2.64. The van der Waals surface area contributed by atoms with Crippen molar-refractivity contribution in [2.24, 2.45) is 10.8 Å². The smallest absolute Gasteiger partial charge is 0.126 e. The SMILES string of the molecule is CC1=C[C@@H]2O[C@@H]3[C@H](O)C[C@](C)([C@@]2(CO)CC1)[C@]31CO1. The third kappa shape index (κ3) is 1.16. The third-order valence-corrected chi connectivity index (χ3v) is 6.44. The number of aliphatic hydroxyl groups excluding tert-OH is 2. The number of hydrogen-bond donors (Lipinski definition) is 2. The predicted molar refractivity (Wildman–Crippen MR) is 68.6 cm³/mol. The van der Waals surface area contributed by atoms with Gasteiger partial charge in [-0.15, -0.1) is 0 Å². The largest absolute Gasteiger partial charge is 0.396 e. The topological polar surface area (TPSA) is 62.2 Å². The van der Waals surface area contributed by atoms with Gasteiger partial charge in [-0.1, -0.05) is 18.6 Å². The van der Waals surface area contributed by atoms with Crippen LogP contribution in [0.2, 0.25) is 0 Å². The van der Waals surface area contributed by atoms with E-state index in [4.69, 9.17) is 9.47 Å². The molecule has 2 bridgehead atoms. The van der Waals surface area contributed by atoms with Crippen molar-refractivity contribution in [3.63, 3.8) is 0 Å². The number of rotatable bonds is 1. The summed E-state index contributed by atoms with van der Waals surface area (Å²) in [5.74, 6) is 0. The van der Waals surface area contributed by atoms with Gasteiger partial charge in [0.1, 0.15) is 11.7 Å². The van der Waals surface area contributed by atoms with Crippen LogP contribution in [0, 0.1) is 10.8 Å². The molecule has 19 heavy (non-hydrogen) atoms. The molecular formula is C15H22O4. The number of aliphatic hydroxyl groups is 2. The first kappa shape index (κ1) is 12.3. The van der Waals surface area contributed by atoms with E-state index in [1.165, 1.54) is 5.57 Å². The van der Waals surface area contributed by atoms with Gasteiger partial charge in [0.25, 0.3) is 0 Å². The molecule has 4 nitrogen and oxygen atoms in total. The highest BCUT2D eigenvalue weighted by Gasteiger charge is 2.80. The summed E-state index contributed by atoms with van der Waals surface area (Å²) in [7, 11) is 0. The molecule has 2 heterocycles. The highest BCUT2D eigenvalue weighted by atomic mass is 16.6. The molecule has 2 aliphatic carbocycles. The van der Waals surface area contributed by atoms with E-state index in [1.54, 1.807) is 0 Å². The number of fused-ring (bicyclic) bond motifs is 2. The average Bonchev–Trinajstić information content (AvgIpc) is 3.13. The van der Waals surface area contributed by atoms with E-state index >= 15 is 0 Å². The first-order valence-electron chi connectivity index (χ1n) is 7.25. The molecule has 2 N–H and O–H groups in total. The molecule has 1 spiro atoms. The highest BCUT2D eigenvalue weighted by molar-refractivity contribution is 5.31. The Kier molecular flexibility index (Phi) is 2.22. The molecule has 4 heteroatoms. The van der Waals surface area contributed by atoms with Crippen molar-refractivity contribution in [2.75, 3.05) is 13.2 Å². The van der Waals surface area contributed by atoms with E-state index in [-0.39, 0.29) is 35.2 Å². The first-order valence-corrected chi connectivity index (χ1v) is 7.25. The van der Waals surface area contributed by atoms with Crippen LogP contribution in [0.5, 0.6) is 0 Å². The van der Waals surface area contributed by atoms with Crippen molar-refractivity contribution >= 4 is 0 Å². The summed E-state index contributed by atoms with van der Waals surface area (Å²) in [4.78, 5) is 0. The quantitative estimate of drug-likeness (QED) is 0.549. The van der Waals surface area contributed by atoms with Crippen LogP contribution >= 0.6 is 0 Å². The number of hydrogen-bond acceptors (Lipinski definition) is 4. The Hall–Kier alpha value is -0.420. The van der Waals surface area contributed by atoms with Crippen molar-refractivity contribution in [1.82, 2.24) is 0 Å². The highest BCUT2D eigenvalue weighted by Crippen LogP contribution is 2.71. The van der Waals surface area contributed by atoms with Gasteiger partial charge >= 0.3 is 0 Å². The molecule has 0 aromatic carbocycles. The minimum atomic E-state index is -0.477. The molecule has 0 aromatic rings. The van der Waals surface area contributed by atoms with Crippen LogP contribution in [0.15, 0.2) is 11.6 Å². The van der Waals surface area contributed by atoms with Gasteiger partial charge in [-0.25, -0.2) is 0 Å². The summed E-state index contributed by atoms with van der Waals surface area (Å²) in [5, 5.41) is 20.5. The standard InChI is InChI=1S/C15H22O4/c1-9-3-4-14(7-16)11(5-9)19-12-10(17)6-13(14,2)15(12)8-18-15/h5,10-12,16-17H,3-4,6-8H2,1-2H3/t10-,11+,12-,13-,14-,15+/m1/s1. The first-order chi connectivity index (χ1) is 8.99. The lowest BCUT2D eigenvalue weighted by atomic mass is 9.52. The van der Waals surface area contributed by atoms with Crippen molar-refractivity contribution in [1.29, 1.82) is 0 Å². The third-order valence-electron chi connectivity index (χ3n) is 6.44. The summed E-state index contributed by atoms with van der Waals surface area (Å²) in [5.41, 5.74) is 0.458. The van der Waals surface area contributed by atoms with E-state index < -0.39 is 6.10 Å². The van der Waals surface area contributed by atoms with Crippen molar-refractivity contribution in [3.8, 4) is 0 Å². The molecule has 0 amide bonds. The summed E-state index contributed by atoms with van der Waals surface area (Å²) in [6.07, 6.45) is 3.93. The summed E-state index contributed by atoms with van der Waals surface area (Å²) in [6.45, 7) is 5.05. The Bertz CT molecular complexity index is 455. The summed E-state index contributed by atoms with van der Waals surface area (Å²) in [6, 6.07) is 0. The zero-order valence-electron chi connectivity index (χ0n) is 11.6. The van der Waals surface area contributed by atoms with Crippen LogP contribution in [-0.2, 0) is 9.47 Å². The molecule has 2 saturated heterocycles. The van der Waals surface area contributed by atoms with Crippen LogP contribution in [0.1, 0.15) is 33.1 Å². The second-order valence-corrected chi connectivity index (χ2v) is 7.09. The van der Waals surface area contributed by atoms with Gasteiger partial charge in [0, 0.05) is 10.8 Å². The Morgan fingerprint density at radius 2 is 2.21 bits per heavy atom. The van der Waals surface area contributed by atoms with Gasteiger partial charge in [-0.3, -0.25) is 0 Å². The van der Waals surface area contributed by atoms with E-state index in [0.29, 0.717) is 13.0 Å². The summed E-state index contributed by atoms with van der Waals surface area (Å²) >= 11 is 0. The molecule has 1 saturated carbocycles. The van der Waals surface area contributed by atoms with Crippen molar-refractivity contribution in [2.45, 2.75) is 57.0 Å². The number of epoxide rings is 1. The van der Waals surface area contributed by atoms with Crippen LogP contribution in [0.4, 0.5) is 0 Å². The zero-order valence-corrected chi connectivity index (χ0v) is 11.6. The fraction of sp³-hybridized carbons (Fsp3) is 0.867. The van der Waals surface area contributed by atoms with Gasteiger partial charge in [-0.2, -0.15) is 0 Å². The lowest BCUT2D eigenvalue weighted by Gasteiger charge is -2.57. The van der Waals surface area contributed by atoms with E-state index in [1.807, 2.05) is 0 Å². The fourth-order valence-electron chi connectivity index (χ4n) is 5.03. The minimum Gasteiger partial charge on any atom is -0.396 e. The molecule has 0 unspecified atom stereocenters. The molecule has 3 fully saturated rings. The van der Waals surface area contributed by atoms with Gasteiger partial charge in [0.05, 0.1) is 25.4 Å². The molecule has 106 valence electrons. The van der Waals surface area contributed by atoms with E-state index in [2.05, 4.69) is 19.9 Å². The Morgan fingerprint density at radius 3 is 2.84 bits per heavy atom. The Balaban J connectivity index is 1.87. The second kappa shape index (κ2) is 3.42. The lowest BCUT2D eigenvalue weighted by molar-refractivity contribution is -0.216. The zero-order chi connectivity index (χ0) is 13.5. The normalized spacial score (nSPS) is 58.9. The van der Waals surface area contributed by atoms with Crippen LogP contribution < -0.4 is 0 Å². The van der Waals surface area contributed by atoms with E-state index in [9.17, 15) is 10.2 Å². The second-order valence-electron chi connectivity index (χ2n) is 7.09. The van der Waals surface area contributed by atoms with Gasteiger partial charge in [-0.05, 0) is 26.2 Å². The predicted octanol–water partition coefficient (Wildman–Crippen LogP) is 1.01. The molecule has 0 aromatic heterocycles. The molecular weight excluding hydrogens is 244 g/mol. The van der Waals surface area contributed by atoms with Crippen LogP contribution in [0.25, 0.3) is 0 Å². The van der Waals surface area contributed by atoms with Crippen molar-refractivity contribution < 1.29 is 19.7 Å². The van der Waals surface area contributed by atoms with E-state index in [0.717, 1.165) is 12.8 Å².